The number of amides is 1. The van der Waals surface area contributed by atoms with E-state index in [1.54, 1.807) is 37.4 Å². The molecule has 0 spiro atoms. The molecule has 0 aliphatic heterocycles. The van der Waals surface area contributed by atoms with Crippen LogP contribution in [0.4, 0.5) is 5.69 Å². The number of hydrogen-bond acceptors (Lipinski definition) is 6. The number of fused-ring (bicyclic) bond motifs is 1. The highest BCUT2D eigenvalue weighted by Gasteiger charge is 2.12. The van der Waals surface area contributed by atoms with Gasteiger partial charge in [0.05, 0.1) is 13.4 Å². The number of methoxy groups -OCH3 is 1. The van der Waals surface area contributed by atoms with E-state index in [1.807, 2.05) is 24.3 Å². The van der Waals surface area contributed by atoms with Gasteiger partial charge in [0.2, 0.25) is 5.89 Å². The molecule has 0 aliphatic rings. The predicted molar refractivity (Wildman–Crippen MR) is 108 cm³/mol. The number of thiocarbonyl (C=S) groups is 1. The van der Waals surface area contributed by atoms with Gasteiger partial charge in [0.1, 0.15) is 11.3 Å². The second-order valence-electron chi connectivity index (χ2n) is 5.82. The summed E-state index contributed by atoms with van der Waals surface area (Å²) < 4.78 is 16.1. The number of furan rings is 1. The van der Waals surface area contributed by atoms with E-state index in [4.69, 9.17) is 25.8 Å². The molecule has 7 nitrogen and oxygen atoms in total. The molecule has 4 rings (SSSR count). The third-order valence-electron chi connectivity index (χ3n) is 3.93. The Bertz CT molecular complexity index is 1150. The van der Waals surface area contributed by atoms with E-state index in [9.17, 15) is 4.79 Å². The zero-order valence-corrected chi connectivity index (χ0v) is 15.6. The predicted octanol–water partition coefficient (Wildman–Crippen LogP) is 4.22. The van der Waals surface area contributed by atoms with E-state index in [2.05, 4.69) is 15.6 Å². The van der Waals surface area contributed by atoms with Crippen LogP contribution < -0.4 is 15.4 Å². The van der Waals surface area contributed by atoms with Crippen LogP contribution in [0.5, 0.6) is 5.75 Å². The van der Waals surface area contributed by atoms with E-state index in [1.165, 1.54) is 6.26 Å². The molecule has 0 aliphatic carbocycles. The maximum Gasteiger partial charge on any atom is 0.293 e. The van der Waals surface area contributed by atoms with E-state index in [-0.39, 0.29) is 10.9 Å². The van der Waals surface area contributed by atoms with Crippen LogP contribution in [0.15, 0.2) is 69.7 Å². The summed E-state index contributed by atoms with van der Waals surface area (Å²) in [5.41, 5.74) is 2.77. The van der Waals surface area contributed by atoms with Gasteiger partial charge in [-0.15, -0.1) is 0 Å². The van der Waals surface area contributed by atoms with E-state index in [0.717, 1.165) is 11.3 Å². The van der Waals surface area contributed by atoms with E-state index >= 15 is 0 Å². The van der Waals surface area contributed by atoms with Crippen LogP contribution in [0.1, 0.15) is 10.6 Å². The first-order chi connectivity index (χ1) is 13.6. The number of ether oxygens (including phenoxy) is 1. The Hall–Kier alpha value is -3.65. The summed E-state index contributed by atoms with van der Waals surface area (Å²) in [4.78, 5) is 16.5. The minimum absolute atomic E-state index is 0.150. The molecule has 2 aromatic heterocycles. The zero-order chi connectivity index (χ0) is 19.5. The molecule has 2 aromatic carbocycles. The van der Waals surface area contributed by atoms with Crippen molar-refractivity contribution in [2.75, 3.05) is 12.4 Å². The van der Waals surface area contributed by atoms with Gasteiger partial charge in [-0.3, -0.25) is 10.1 Å². The van der Waals surface area contributed by atoms with Gasteiger partial charge in [-0.25, -0.2) is 4.98 Å². The van der Waals surface area contributed by atoms with Crippen LogP contribution in [0.25, 0.3) is 22.6 Å². The van der Waals surface area contributed by atoms with Crippen LogP contribution >= 0.6 is 12.2 Å². The summed E-state index contributed by atoms with van der Waals surface area (Å²) in [6.07, 6.45) is 1.42. The molecular formula is C20H15N3O4S. The molecule has 0 saturated carbocycles. The van der Waals surface area contributed by atoms with Crippen molar-refractivity contribution in [1.82, 2.24) is 10.3 Å². The Morgan fingerprint density at radius 2 is 2.04 bits per heavy atom. The highest BCUT2D eigenvalue weighted by molar-refractivity contribution is 7.80. The van der Waals surface area contributed by atoms with Gasteiger partial charge in [0.15, 0.2) is 16.5 Å². The lowest BCUT2D eigenvalue weighted by Gasteiger charge is -2.08. The summed E-state index contributed by atoms with van der Waals surface area (Å²) >= 11 is 5.18. The second kappa shape index (κ2) is 7.53. The van der Waals surface area contributed by atoms with Gasteiger partial charge in [-0.1, -0.05) is 6.07 Å². The zero-order valence-electron chi connectivity index (χ0n) is 14.8. The summed E-state index contributed by atoms with van der Waals surface area (Å²) in [6.45, 7) is 0. The largest absolute Gasteiger partial charge is 0.497 e. The average Bonchev–Trinajstić information content (AvgIpc) is 3.37. The molecule has 0 saturated heterocycles. The topological polar surface area (TPSA) is 89.5 Å². The van der Waals surface area contributed by atoms with Crippen molar-refractivity contribution < 1.29 is 18.4 Å². The summed E-state index contributed by atoms with van der Waals surface area (Å²) in [7, 11) is 1.61. The van der Waals surface area contributed by atoms with Gasteiger partial charge >= 0.3 is 0 Å². The number of rotatable bonds is 4. The minimum Gasteiger partial charge on any atom is -0.497 e. The van der Waals surface area contributed by atoms with Gasteiger partial charge < -0.3 is 18.9 Å². The first kappa shape index (κ1) is 17.7. The van der Waals surface area contributed by atoms with Gasteiger partial charge in [-0.05, 0) is 60.7 Å². The number of oxazole rings is 1. The fourth-order valence-corrected chi connectivity index (χ4v) is 2.83. The highest BCUT2D eigenvalue weighted by Crippen LogP contribution is 2.28. The van der Waals surface area contributed by atoms with E-state index < -0.39 is 5.91 Å². The standard InChI is InChI=1S/C20H15N3O4S/c1-25-14-5-2-4-12(10-14)19-22-15-11-13(7-8-16(15)27-19)21-20(28)23-18(24)17-6-3-9-26-17/h2-11H,1H3,(H2,21,23,24,28). The first-order valence-corrected chi connectivity index (χ1v) is 8.74. The molecule has 0 fully saturated rings. The van der Waals surface area contributed by atoms with Gasteiger partial charge in [0, 0.05) is 11.3 Å². The lowest BCUT2D eigenvalue weighted by molar-refractivity contribution is 0.0950. The molecule has 0 unspecified atom stereocenters. The molecule has 140 valence electrons. The fourth-order valence-electron chi connectivity index (χ4n) is 2.62. The first-order valence-electron chi connectivity index (χ1n) is 8.33. The Morgan fingerprint density at radius 3 is 2.82 bits per heavy atom. The van der Waals surface area contributed by atoms with Crippen LogP contribution in [0.2, 0.25) is 0 Å². The van der Waals surface area contributed by atoms with Crippen molar-refractivity contribution in [3.63, 3.8) is 0 Å². The second-order valence-corrected chi connectivity index (χ2v) is 6.23. The number of carbonyl (C=O) groups excluding carboxylic acids is 1. The SMILES string of the molecule is COc1cccc(-c2nc3cc(NC(=S)NC(=O)c4ccco4)ccc3o2)c1. The molecule has 28 heavy (non-hydrogen) atoms. The van der Waals surface area contributed by atoms with Crippen LogP contribution in [0, 0.1) is 0 Å². The van der Waals surface area contributed by atoms with Crippen molar-refractivity contribution in [3.05, 3.63) is 66.6 Å². The molecule has 0 bridgehead atoms. The third-order valence-corrected chi connectivity index (χ3v) is 4.14. The van der Waals surface area contributed by atoms with Crippen LogP contribution in [-0.4, -0.2) is 23.1 Å². The van der Waals surface area contributed by atoms with Gasteiger partial charge in [0.25, 0.3) is 5.91 Å². The number of anilines is 1. The van der Waals surface area contributed by atoms with Crippen molar-refractivity contribution in [3.8, 4) is 17.2 Å². The Morgan fingerprint density at radius 1 is 1.14 bits per heavy atom. The summed E-state index contributed by atoms with van der Waals surface area (Å²) in [5.74, 6) is 0.962. The summed E-state index contributed by atoms with van der Waals surface area (Å²) in [6, 6.07) is 16.0. The number of aromatic nitrogens is 1. The fraction of sp³-hybridized carbons (Fsp3) is 0.0500. The number of carbonyl (C=O) groups is 1. The minimum atomic E-state index is -0.426. The van der Waals surface area contributed by atoms with Gasteiger partial charge in [-0.2, -0.15) is 0 Å². The average molecular weight is 393 g/mol. The lowest BCUT2D eigenvalue weighted by Crippen LogP contribution is -2.33. The number of nitrogens with one attached hydrogen (secondary N) is 2. The van der Waals surface area contributed by atoms with Crippen molar-refractivity contribution in [2.24, 2.45) is 0 Å². The Kier molecular flexibility index (Phi) is 4.77. The number of nitrogens with zero attached hydrogens (tertiary/aromatic N) is 1. The van der Waals surface area contributed by atoms with Crippen LogP contribution in [0.3, 0.4) is 0 Å². The highest BCUT2D eigenvalue weighted by atomic mass is 32.1. The van der Waals surface area contributed by atoms with Crippen molar-refractivity contribution in [1.29, 1.82) is 0 Å². The Labute approximate surface area is 165 Å². The number of benzene rings is 2. The molecule has 2 heterocycles. The smallest absolute Gasteiger partial charge is 0.293 e. The van der Waals surface area contributed by atoms with Crippen molar-refractivity contribution in [2.45, 2.75) is 0 Å². The third kappa shape index (κ3) is 3.72. The molecule has 8 heteroatoms. The quantitative estimate of drug-likeness (QED) is 0.502. The number of hydrogen-bond donors (Lipinski definition) is 2. The van der Waals surface area contributed by atoms with E-state index in [0.29, 0.717) is 22.7 Å². The Balaban J connectivity index is 1.51. The molecule has 0 radical (unpaired) electrons. The maximum atomic E-state index is 12.0. The lowest BCUT2D eigenvalue weighted by atomic mass is 10.2. The maximum absolute atomic E-state index is 12.0. The molecule has 2 N–H and O–H groups in total. The van der Waals surface area contributed by atoms with Crippen molar-refractivity contribution >= 4 is 40.0 Å². The molecule has 1 amide bonds. The van der Waals surface area contributed by atoms with Crippen LogP contribution in [-0.2, 0) is 0 Å². The summed E-state index contributed by atoms with van der Waals surface area (Å²) in [5, 5.41) is 5.65. The molecule has 4 aromatic rings. The monoisotopic (exact) mass is 393 g/mol. The normalized spacial score (nSPS) is 10.6. The molecular weight excluding hydrogens is 378 g/mol. The molecule has 0 atom stereocenters.